The predicted molar refractivity (Wildman–Crippen MR) is 66.7 cm³/mol. The molecule has 0 saturated carbocycles. The van der Waals surface area contributed by atoms with Crippen molar-refractivity contribution in [3.63, 3.8) is 0 Å². The van der Waals surface area contributed by atoms with Crippen molar-refractivity contribution in [1.29, 1.82) is 0 Å². The van der Waals surface area contributed by atoms with Gasteiger partial charge in [0.2, 0.25) is 5.91 Å². The summed E-state index contributed by atoms with van der Waals surface area (Å²) in [5.41, 5.74) is 5.68. The number of rotatable bonds is 7. The van der Waals surface area contributed by atoms with Gasteiger partial charge in [-0.25, -0.2) is 0 Å². The van der Waals surface area contributed by atoms with E-state index in [9.17, 15) is 22.8 Å². The molecular weight excluding hydrogens is 277 g/mol. The molecule has 0 aliphatic carbocycles. The first-order chi connectivity index (χ1) is 9.06. The second-order valence-corrected chi connectivity index (χ2v) is 4.87. The minimum atomic E-state index is -4.52. The third-order valence-corrected chi connectivity index (χ3v) is 2.80. The van der Waals surface area contributed by atoms with Gasteiger partial charge in [0.15, 0.2) is 0 Å². The van der Waals surface area contributed by atoms with Crippen molar-refractivity contribution in [2.45, 2.75) is 38.9 Å². The molecule has 0 bridgehead atoms. The third-order valence-electron chi connectivity index (χ3n) is 2.80. The van der Waals surface area contributed by atoms with Gasteiger partial charge in [-0.2, -0.15) is 13.2 Å². The Kier molecular flexibility index (Phi) is 7.55. The molecule has 0 aliphatic heterocycles. The lowest BCUT2D eigenvalue weighted by atomic mass is 10.0. The number of halogens is 3. The van der Waals surface area contributed by atoms with Crippen LogP contribution in [0.25, 0.3) is 0 Å². The van der Waals surface area contributed by atoms with Crippen LogP contribution in [0.15, 0.2) is 0 Å². The van der Waals surface area contributed by atoms with Gasteiger partial charge in [0.05, 0.1) is 13.5 Å². The third kappa shape index (κ3) is 7.98. The number of nitrogens with two attached hydrogens (primary N) is 1. The summed E-state index contributed by atoms with van der Waals surface area (Å²) in [6, 6.07) is -0.517. The van der Waals surface area contributed by atoms with Crippen LogP contribution in [0.5, 0.6) is 0 Å². The number of carbonyl (C=O) groups excluding carboxylic acids is 2. The highest BCUT2D eigenvalue weighted by atomic mass is 19.4. The van der Waals surface area contributed by atoms with Crippen LogP contribution in [0.4, 0.5) is 13.2 Å². The van der Waals surface area contributed by atoms with Crippen molar-refractivity contribution in [3.05, 3.63) is 0 Å². The fourth-order valence-electron chi connectivity index (χ4n) is 1.40. The van der Waals surface area contributed by atoms with E-state index in [4.69, 9.17) is 5.73 Å². The van der Waals surface area contributed by atoms with Gasteiger partial charge in [0.1, 0.15) is 6.54 Å². The SMILES string of the molecule is COC(=O)CCN(CC(F)(F)F)C(=O)CC(N)C(C)C. The average Bonchev–Trinajstić information content (AvgIpc) is 2.32. The summed E-state index contributed by atoms with van der Waals surface area (Å²) in [7, 11) is 1.13. The Labute approximate surface area is 116 Å². The van der Waals surface area contributed by atoms with Gasteiger partial charge >= 0.3 is 12.1 Å². The lowest BCUT2D eigenvalue weighted by Gasteiger charge is -2.25. The lowest BCUT2D eigenvalue weighted by molar-refractivity contribution is -0.163. The summed E-state index contributed by atoms with van der Waals surface area (Å²) in [6.45, 7) is 1.82. The smallest absolute Gasteiger partial charge is 0.406 e. The van der Waals surface area contributed by atoms with E-state index in [0.29, 0.717) is 4.90 Å². The first-order valence-electron chi connectivity index (χ1n) is 6.23. The Hall–Kier alpha value is -1.31. The van der Waals surface area contributed by atoms with Crippen molar-refractivity contribution < 1.29 is 27.5 Å². The molecule has 0 spiro atoms. The van der Waals surface area contributed by atoms with Gasteiger partial charge in [-0.1, -0.05) is 13.8 Å². The van der Waals surface area contributed by atoms with Crippen LogP contribution < -0.4 is 5.73 Å². The first kappa shape index (κ1) is 18.7. The Morgan fingerprint density at radius 1 is 1.30 bits per heavy atom. The largest absolute Gasteiger partial charge is 0.469 e. The predicted octanol–water partition coefficient (Wildman–Crippen LogP) is 1.31. The van der Waals surface area contributed by atoms with E-state index in [1.807, 2.05) is 0 Å². The number of alkyl halides is 3. The second-order valence-electron chi connectivity index (χ2n) is 4.87. The van der Waals surface area contributed by atoms with Crippen molar-refractivity contribution in [2.75, 3.05) is 20.2 Å². The van der Waals surface area contributed by atoms with Gasteiger partial charge in [0.25, 0.3) is 0 Å². The summed E-state index contributed by atoms with van der Waals surface area (Å²) in [6.07, 6.45) is -4.99. The van der Waals surface area contributed by atoms with Crippen molar-refractivity contribution in [3.8, 4) is 0 Å². The summed E-state index contributed by atoms with van der Waals surface area (Å²) >= 11 is 0. The molecule has 0 heterocycles. The van der Waals surface area contributed by atoms with Gasteiger partial charge in [0, 0.05) is 19.0 Å². The van der Waals surface area contributed by atoms with E-state index in [1.54, 1.807) is 13.8 Å². The summed E-state index contributed by atoms with van der Waals surface area (Å²) in [4.78, 5) is 23.4. The number of methoxy groups -OCH3 is 1. The zero-order valence-electron chi connectivity index (χ0n) is 11.9. The van der Waals surface area contributed by atoms with E-state index in [1.165, 1.54) is 0 Å². The molecule has 0 saturated heterocycles. The van der Waals surface area contributed by atoms with Crippen molar-refractivity contribution >= 4 is 11.9 Å². The molecule has 1 amide bonds. The number of esters is 1. The molecule has 0 aromatic rings. The van der Waals surface area contributed by atoms with Crippen molar-refractivity contribution in [1.82, 2.24) is 4.90 Å². The number of amides is 1. The molecule has 1 atom stereocenters. The van der Waals surface area contributed by atoms with Crippen LogP contribution in [0.2, 0.25) is 0 Å². The van der Waals surface area contributed by atoms with Gasteiger partial charge in [-0.15, -0.1) is 0 Å². The minimum absolute atomic E-state index is 0.0210. The summed E-state index contributed by atoms with van der Waals surface area (Å²) in [5, 5.41) is 0. The Morgan fingerprint density at radius 2 is 1.85 bits per heavy atom. The van der Waals surface area contributed by atoms with Gasteiger partial charge in [-0.3, -0.25) is 9.59 Å². The molecule has 2 N–H and O–H groups in total. The van der Waals surface area contributed by atoms with Crippen LogP contribution in [-0.2, 0) is 14.3 Å². The van der Waals surface area contributed by atoms with Crippen LogP contribution >= 0.6 is 0 Å². The molecule has 1 unspecified atom stereocenters. The summed E-state index contributed by atoms with van der Waals surface area (Å²) < 4.78 is 41.6. The normalized spacial score (nSPS) is 13.2. The standard InChI is InChI=1S/C12H21F3N2O3/c1-8(2)9(16)6-10(18)17(7-12(13,14)15)5-4-11(19)20-3/h8-9H,4-7,16H2,1-3H3. The summed E-state index contributed by atoms with van der Waals surface area (Å²) in [5.74, 6) is -1.40. The maximum absolute atomic E-state index is 12.4. The lowest BCUT2D eigenvalue weighted by Crippen LogP contribution is -2.43. The monoisotopic (exact) mass is 298 g/mol. The Morgan fingerprint density at radius 3 is 2.25 bits per heavy atom. The molecule has 8 heteroatoms. The van der Waals surface area contributed by atoms with E-state index in [0.717, 1.165) is 7.11 Å². The molecule has 0 fully saturated rings. The molecule has 20 heavy (non-hydrogen) atoms. The van der Waals surface area contributed by atoms with E-state index >= 15 is 0 Å². The van der Waals surface area contributed by atoms with E-state index < -0.39 is 30.6 Å². The van der Waals surface area contributed by atoms with Gasteiger partial charge < -0.3 is 15.4 Å². The molecule has 0 aromatic carbocycles. The number of nitrogens with zero attached hydrogens (tertiary/aromatic N) is 1. The molecule has 118 valence electrons. The number of hydrogen-bond acceptors (Lipinski definition) is 4. The zero-order valence-corrected chi connectivity index (χ0v) is 11.9. The fourth-order valence-corrected chi connectivity index (χ4v) is 1.40. The minimum Gasteiger partial charge on any atom is -0.469 e. The molecule has 5 nitrogen and oxygen atoms in total. The molecule has 0 rings (SSSR count). The quantitative estimate of drug-likeness (QED) is 0.719. The Bertz CT molecular complexity index is 332. The van der Waals surface area contributed by atoms with Crippen LogP contribution in [-0.4, -0.2) is 49.2 Å². The van der Waals surface area contributed by atoms with Crippen LogP contribution in [0.1, 0.15) is 26.7 Å². The number of ether oxygens (including phenoxy) is 1. The number of hydrogen-bond donors (Lipinski definition) is 1. The highest BCUT2D eigenvalue weighted by Gasteiger charge is 2.33. The zero-order chi connectivity index (χ0) is 15.9. The second kappa shape index (κ2) is 8.08. The molecular formula is C12H21F3N2O3. The first-order valence-corrected chi connectivity index (χ1v) is 6.23. The van der Waals surface area contributed by atoms with E-state index in [-0.39, 0.29) is 25.3 Å². The highest BCUT2D eigenvalue weighted by molar-refractivity contribution is 5.78. The maximum atomic E-state index is 12.4. The van der Waals surface area contributed by atoms with Crippen LogP contribution in [0, 0.1) is 5.92 Å². The topological polar surface area (TPSA) is 72.6 Å². The number of carbonyl (C=O) groups is 2. The maximum Gasteiger partial charge on any atom is 0.406 e. The molecule has 0 aliphatic rings. The Balaban J connectivity index is 4.66. The fraction of sp³-hybridized carbons (Fsp3) is 0.833. The van der Waals surface area contributed by atoms with E-state index in [2.05, 4.69) is 4.74 Å². The van der Waals surface area contributed by atoms with Gasteiger partial charge in [-0.05, 0) is 5.92 Å². The molecule has 0 aromatic heterocycles. The van der Waals surface area contributed by atoms with Crippen LogP contribution in [0.3, 0.4) is 0 Å². The van der Waals surface area contributed by atoms with Crippen molar-refractivity contribution in [2.24, 2.45) is 11.7 Å². The highest BCUT2D eigenvalue weighted by Crippen LogP contribution is 2.18. The molecule has 0 radical (unpaired) electrons. The average molecular weight is 298 g/mol.